The van der Waals surface area contributed by atoms with Crippen LogP contribution in [0.1, 0.15) is 5.56 Å². The second-order valence-electron chi connectivity index (χ2n) is 4.31. The highest BCUT2D eigenvalue weighted by Crippen LogP contribution is 2.22. The van der Waals surface area contributed by atoms with E-state index in [2.05, 4.69) is 20.6 Å². The second kappa shape index (κ2) is 7.04. The summed E-state index contributed by atoms with van der Waals surface area (Å²) in [4.78, 5) is 12.1. The number of aromatic nitrogens is 4. The third-order valence-corrected chi connectivity index (χ3v) is 4.68. The fraction of sp³-hybridized carbons (Fsp3) is 0.0714. The summed E-state index contributed by atoms with van der Waals surface area (Å²) in [7, 11) is 0. The smallest absolute Gasteiger partial charge is 0.236 e. The van der Waals surface area contributed by atoms with Gasteiger partial charge in [-0.2, -0.15) is 10.4 Å². The molecule has 114 valence electrons. The number of carbonyl (C=O) groups is 1. The lowest BCUT2D eigenvalue weighted by Gasteiger charge is -2.09. The zero-order valence-corrected chi connectivity index (χ0v) is 13.3. The largest absolute Gasteiger partial charge is 0.309 e. The van der Waals surface area contributed by atoms with Crippen molar-refractivity contribution >= 4 is 34.8 Å². The molecule has 0 fully saturated rings. The number of amides is 1. The molecule has 1 N–H and O–H groups in total. The van der Waals surface area contributed by atoms with Gasteiger partial charge >= 0.3 is 0 Å². The molecule has 0 atom stereocenters. The van der Waals surface area contributed by atoms with Crippen molar-refractivity contribution in [3.63, 3.8) is 0 Å². The highest BCUT2D eigenvalue weighted by atomic mass is 32.2. The Labute approximate surface area is 140 Å². The molecule has 9 heteroatoms. The molecule has 1 aromatic carbocycles. The van der Waals surface area contributed by atoms with Gasteiger partial charge in [-0.25, -0.2) is 4.68 Å². The average Bonchev–Trinajstić information content (AvgIpc) is 3.23. The topological polar surface area (TPSA) is 96.5 Å². The number of anilines is 1. The summed E-state index contributed by atoms with van der Waals surface area (Å²) in [5.74, 6) is 0.306. The number of benzene rings is 1. The number of hydrogen-bond acceptors (Lipinski definition) is 7. The number of nitrogens with one attached hydrogen (secondary N) is 1. The third-order valence-electron chi connectivity index (χ3n) is 2.82. The van der Waals surface area contributed by atoms with E-state index >= 15 is 0 Å². The standard InChI is InChI=1S/C14H10N6OS2/c15-6-10-7-17-20(11-4-2-1-3-5-11)13(10)18-12(21)8-22-14-19-16-9-23-14/h1-5,7,9H,8H2,(H,18,21). The molecule has 7 nitrogen and oxygen atoms in total. The Kier molecular flexibility index (Phi) is 4.65. The third kappa shape index (κ3) is 3.56. The molecular weight excluding hydrogens is 332 g/mol. The van der Waals surface area contributed by atoms with Gasteiger partial charge in [-0.15, -0.1) is 10.2 Å². The monoisotopic (exact) mass is 342 g/mol. The number of nitriles is 1. The fourth-order valence-electron chi connectivity index (χ4n) is 1.84. The number of hydrogen-bond donors (Lipinski definition) is 1. The molecule has 1 amide bonds. The van der Waals surface area contributed by atoms with Crippen molar-refractivity contribution in [1.82, 2.24) is 20.0 Å². The van der Waals surface area contributed by atoms with E-state index in [1.165, 1.54) is 34.0 Å². The molecule has 0 spiro atoms. The zero-order valence-electron chi connectivity index (χ0n) is 11.7. The van der Waals surface area contributed by atoms with Crippen LogP contribution in [0.3, 0.4) is 0 Å². The number of nitrogens with zero attached hydrogens (tertiary/aromatic N) is 5. The first-order chi connectivity index (χ1) is 11.3. The summed E-state index contributed by atoms with van der Waals surface area (Å²) in [6.45, 7) is 0. The molecule has 23 heavy (non-hydrogen) atoms. The summed E-state index contributed by atoms with van der Waals surface area (Å²) in [6, 6.07) is 11.3. The Balaban J connectivity index is 1.77. The first-order valence-electron chi connectivity index (χ1n) is 6.50. The molecule has 0 aliphatic rings. The lowest BCUT2D eigenvalue weighted by Crippen LogP contribution is -2.17. The van der Waals surface area contributed by atoms with Gasteiger partial charge in [-0.3, -0.25) is 4.79 Å². The molecule has 0 saturated carbocycles. The van der Waals surface area contributed by atoms with Gasteiger partial charge in [-0.1, -0.05) is 41.3 Å². The van der Waals surface area contributed by atoms with Crippen molar-refractivity contribution in [3.8, 4) is 11.8 Å². The average molecular weight is 342 g/mol. The molecular formula is C14H10N6OS2. The van der Waals surface area contributed by atoms with E-state index in [4.69, 9.17) is 0 Å². The van der Waals surface area contributed by atoms with Crippen LogP contribution in [-0.2, 0) is 4.79 Å². The molecule has 0 aliphatic heterocycles. The quantitative estimate of drug-likeness (QED) is 0.715. The predicted molar refractivity (Wildman–Crippen MR) is 87.5 cm³/mol. The number of para-hydroxylation sites is 1. The first kappa shape index (κ1) is 15.2. The summed E-state index contributed by atoms with van der Waals surface area (Å²) in [5.41, 5.74) is 2.68. The maximum Gasteiger partial charge on any atom is 0.236 e. The Bertz CT molecular complexity index is 838. The Morgan fingerprint density at radius 2 is 2.22 bits per heavy atom. The van der Waals surface area contributed by atoms with Crippen molar-refractivity contribution in [1.29, 1.82) is 5.26 Å². The van der Waals surface area contributed by atoms with Crippen LogP contribution in [0.5, 0.6) is 0 Å². The Morgan fingerprint density at radius 1 is 1.39 bits per heavy atom. The van der Waals surface area contributed by atoms with E-state index in [0.29, 0.717) is 11.4 Å². The summed E-state index contributed by atoms with van der Waals surface area (Å²) in [6.07, 6.45) is 1.43. The number of carbonyl (C=O) groups excluding carboxylic acids is 1. The van der Waals surface area contributed by atoms with Crippen LogP contribution in [0.4, 0.5) is 5.82 Å². The minimum Gasteiger partial charge on any atom is -0.309 e. The Morgan fingerprint density at radius 3 is 2.91 bits per heavy atom. The molecule has 2 aromatic heterocycles. The molecule has 3 rings (SSSR count). The SMILES string of the molecule is N#Cc1cnn(-c2ccccc2)c1NC(=O)CSc1nncs1. The minimum absolute atomic E-state index is 0.181. The van der Waals surface area contributed by atoms with Gasteiger partial charge in [0.2, 0.25) is 5.91 Å². The number of rotatable bonds is 5. The van der Waals surface area contributed by atoms with E-state index in [0.717, 1.165) is 10.0 Å². The van der Waals surface area contributed by atoms with Crippen LogP contribution in [0, 0.1) is 11.3 Å². The van der Waals surface area contributed by atoms with E-state index < -0.39 is 0 Å². The van der Waals surface area contributed by atoms with Crippen LogP contribution in [0.2, 0.25) is 0 Å². The Hall–Kier alpha value is -2.70. The van der Waals surface area contributed by atoms with Crippen LogP contribution in [0.15, 0.2) is 46.4 Å². The lowest BCUT2D eigenvalue weighted by molar-refractivity contribution is -0.113. The maximum atomic E-state index is 12.1. The molecule has 0 radical (unpaired) electrons. The highest BCUT2D eigenvalue weighted by molar-refractivity contribution is 8.01. The van der Waals surface area contributed by atoms with Gasteiger partial charge < -0.3 is 5.32 Å². The van der Waals surface area contributed by atoms with E-state index in [1.54, 1.807) is 5.51 Å². The zero-order chi connectivity index (χ0) is 16.1. The van der Waals surface area contributed by atoms with Gasteiger partial charge in [0.1, 0.15) is 17.1 Å². The van der Waals surface area contributed by atoms with Crippen molar-refractivity contribution in [3.05, 3.63) is 47.6 Å². The molecule has 2 heterocycles. The first-order valence-corrected chi connectivity index (χ1v) is 8.37. The van der Waals surface area contributed by atoms with Crippen molar-refractivity contribution in [2.75, 3.05) is 11.1 Å². The van der Waals surface area contributed by atoms with E-state index in [1.807, 2.05) is 36.4 Å². The number of thioether (sulfide) groups is 1. The summed E-state index contributed by atoms with van der Waals surface area (Å²) >= 11 is 2.66. The minimum atomic E-state index is -0.237. The summed E-state index contributed by atoms with van der Waals surface area (Å²) in [5, 5.41) is 23.7. The molecule has 0 aliphatic carbocycles. The fourth-order valence-corrected chi connectivity index (χ4v) is 3.13. The maximum absolute atomic E-state index is 12.1. The van der Waals surface area contributed by atoms with Gasteiger partial charge in [0.25, 0.3) is 0 Å². The van der Waals surface area contributed by atoms with Crippen molar-refractivity contribution in [2.24, 2.45) is 0 Å². The lowest BCUT2D eigenvalue weighted by atomic mass is 10.3. The van der Waals surface area contributed by atoms with Gasteiger partial charge in [0.15, 0.2) is 10.2 Å². The highest BCUT2D eigenvalue weighted by Gasteiger charge is 2.15. The molecule has 3 aromatic rings. The molecule has 0 bridgehead atoms. The van der Waals surface area contributed by atoms with Crippen LogP contribution in [-0.4, -0.2) is 31.6 Å². The molecule has 0 saturated heterocycles. The summed E-state index contributed by atoms with van der Waals surface area (Å²) < 4.78 is 2.25. The predicted octanol–water partition coefficient (Wildman–Crippen LogP) is 2.33. The molecule has 0 unspecified atom stereocenters. The second-order valence-corrected chi connectivity index (χ2v) is 6.36. The van der Waals surface area contributed by atoms with Crippen LogP contribution < -0.4 is 5.32 Å². The van der Waals surface area contributed by atoms with Gasteiger partial charge in [0.05, 0.1) is 17.6 Å². The van der Waals surface area contributed by atoms with Gasteiger partial charge in [-0.05, 0) is 12.1 Å². The van der Waals surface area contributed by atoms with E-state index in [-0.39, 0.29) is 11.7 Å². The van der Waals surface area contributed by atoms with Gasteiger partial charge in [0, 0.05) is 0 Å². The van der Waals surface area contributed by atoms with Crippen molar-refractivity contribution < 1.29 is 4.79 Å². The van der Waals surface area contributed by atoms with E-state index in [9.17, 15) is 10.1 Å². The van der Waals surface area contributed by atoms with Crippen LogP contribution in [0.25, 0.3) is 5.69 Å². The van der Waals surface area contributed by atoms with Crippen LogP contribution >= 0.6 is 23.1 Å². The van der Waals surface area contributed by atoms with Crippen molar-refractivity contribution in [2.45, 2.75) is 4.34 Å². The normalized spacial score (nSPS) is 10.2.